The Morgan fingerprint density at radius 3 is 2.75 bits per heavy atom. The van der Waals surface area contributed by atoms with Crippen molar-refractivity contribution < 1.29 is 14.0 Å². The van der Waals surface area contributed by atoms with Crippen molar-refractivity contribution in [3.63, 3.8) is 0 Å². The lowest BCUT2D eigenvalue weighted by molar-refractivity contribution is -0.140. The zero-order chi connectivity index (χ0) is 19.5. The number of rotatable bonds is 6. The van der Waals surface area contributed by atoms with E-state index in [1.807, 2.05) is 29.2 Å². The summed E-state index contributed by atoms with van der Waals surface area (Å²) in [6, 6.07) is 14.6. The summed E-state index contributed by atoms with van der Waals surface area (Å²) in [5.41, 5.74) is 3.97. The summed E-state index contributed by atoms with van der Waals surface area (Å²) in [6.07, 6.45) is 3.48. The van der Waals surface area contributed by atoms with Crippen LogP contribution >= 0.6 is 0 Å². The van der Waals surface area contributed by atoms with Crippen LogP contribution < -0.4 is 0 Å². The van der Waals surface area contributed by atoms with Crippen LogP contribution in [0.25, 0.3) is 0 Å². The maximum atomic E-state index is 13.6. The minimum Gasteiger partial charge on any atom is -0.390 e. The van der Waals surface area contributed by atoms with Crippen LogP contribution in [-0.4, -0.2) is 29.2 Å². The average molecular weight is 380 g/mol. The highest BCUT2D eigenvalue weighted by atomic mass is 19.1. The molecule has 5 heteroatoms. The van der Waals surface area contributed by atoms with Gasteiger partial charge in [-0.1, -0.05) is 48.0 Å². The van der Waals surface area contributed by atoms with Gasteiger partial charge in [-0.3, -0.25) is 4.79 Å². The third-order valence-electron chi connectivity index (χ3n) is 5.64. The molecule has 1 aliphatic carbocycles. The molecule has 0 radical (unpaired) electrons. The third kappa shape index (κ3) is 4.08. The molecule has 2 aromatic carbocycles. The van der Waals surface area contributed by atoms with Gasteiger partial charge < -0.3 is 9.74 Å². The molecule has 0 bridgehead atoms. The zero-order valence-electron chi connectivity index (χ0n) is 16.1. The Kier molecular flexibility index (Phi) is 5.42. The van der Waals surface area contributed by atoms with Crippen LogP contribution in [0.2, 0.25) is 0 Å². The standard InChI is InChI=1S/C23H25FN2O2/c1-16-6-2-3-11-21(16)22-13-20(28-25-22)15-26(23(27)18-8-5-9-18)14-17-7-4-10-19(24)12-17/h2-4,6-7,10-12,18,20H,5,8-9,13-15H2,1H3/t20-/m0/s1. The van der Waals surface area contributed by atoms with Gasteiger partial charge in [0.05, 0.1) is 12.3 Å². The fraction of sp³-hybridized carbons (Fsp3) is 0.391. The highest BCUT2D eigenvalue weighted by Gasteiger charge is 2.33. The van der Waals surface area contributed by atoms with Crippen molar-refractivity contribution in [2.45, 2.75) is 45.3 Å². The van der Waals surface area contributed by atoms with Crippen molar-refractivity contribution in [1.29, 1.82) is 0 Å². The lowest BCUT2D eigenvalue weighted by Crippen LogP contribution is -2.42. The molecular formula is C23H25FN2O2. The first-order valence-corrected chi connectivity index (χ1v) is 9.92. The molecule has 1 heterocycles. The van der Waals surface area contributed by atoms with E-state index in [0.717, 1.165) is 41.7 Å². The van der Waals surface area contributed by atoms with Crippen LogP contribution in [0.5, 0.6) is 0 Å². The van der Waals surface area contributed by atoms with Crippen molar-refractivity contribution in [1.82, 2.24) is 4.90 Å². The highest BCUT2D eigenvalue weighted by Crippen LogP contribution is 2.30. The molecule has 28 heavy (non-hydrogen) atoms. The molecule has 1 fully saturated rings. The number of hydrogen-bond donors (Lipinski definition) is 0. The van der Waals surface area contributed by atoms with Crippen molar-refractivity contribution >= 4 is 11.6 Å². The maximum absolute atomic E-state index is 13.6. The molecule has 0 unspecified atom stereocenters. The molecule has 4 nitrogen and oxygen atoms in total. The molecule has 0 spiro atoms. The number of aryl methyl sites for hydroxylation is 1. The van der Waals surface area contributed by atoms with Crippen LogP contribution in [0.15, 0.2) is 53.7 Å². The van der Waals surface area contributed by atoms with E-state index in [1.54, 1.807) is 6.07 Å². The lowest BCUT2D eigenvalue weighted by atomic mass is 9.84. The Hall–Kier alpha value is -2.69. The van der Waals surface area contributed by atoms with Gasteiger partial charge in [-0.15, -0.1) is 0 Å². The van der Waals surface area contributed by atoms with Gasteiger partial charge in [-0.05, 0) is 43.0 Å². The van der Waals surface area contributed by atoms with Gasteiger partial charge in [0.1, 0.15) is 5.82 Å². The van der Waals surface area contributed by atoms with Gasteiger partial charge in [0, 0.05) is 24.4 Å². The fourth-order valence-corrected chi connectivity index (χ4v) is 3.83. The van der Waals surface area contributed by atoms with Crippen LogP contribution in [0, 0.1) is 18.7 Å². The minimum absolute atomic E-state index is 0.0896. The Bertz CT molecular complexity index is 892. The molecule has 146 valence electrons. The summed E-state index contributed by atoms with van der Waals surface area (Å²) in [7, 11) is 0. The number of hydrogen-bond acceptors (Lipinski definition) is 3. The average Bonchev–Trinajstić information content (AvgIpc) is 3.08. The number of amides is 1. The normalized spacial score (nSPS) is 18.9. The van der Waals surface area contributed by atoms with Gasteiger partial charge in [-0.25, -0.2) is 4.39 Å². The van der Waals surface area contributed by atoms with E-state index in [2.05, 4.69) is 18.1 Å². The summed E-state index contributed by atoms with van der Waals surface area (Å²) >= 11 is 0. The third-order valence-corrected chi connectivity index (χ3v) is 5.64. The second-order valence-corrected chi connectivity index (χ2v) is 7.76. The summed E-state index contributed by atoms with van der Waals surface area (Å²) in [5, 5.41) is 4.28. The molecule has 0 saturated heterocycles. The van der Waals surface area contributed by atoms with E-state index >= 15 is 0 Å². The van der Waals surface area contributed by atoms with Crippen molar-refractivity contribution in [2.24, 2.45) is 11.1 Å². The second kappa shape index (κ2) is 8.13. The molecule has 0 N–H and O–H groups in total. The maximum Gasteiger partial charge on any atom is 0.226 e. The Morgan fingerprint density at radius 2 is 2.04 bits per heavy atom. The van der Waals surface area contributed by atoms with Crippen LogP contribution in [0.1, 0.15) is 42.4 Å². The first-order chi connectivity index (χ1) is 13.6. The minimum atomic E-state index is -0.282. The van der Waals surface area contributed by atoms with Gasteiger partial charge in [-0.2, -0.15) is 0 Å². The van der Waals surface area contributed by atoms with E-state index < -0.39 is 0 Å². The number of carbonyl (C=O) groups is 1. The predicted octanol–water partition coefficient (Wildman–Crippen LogP) is 4.46. The van der Waals surface area contributed by atoms with E-state index in [-0.39, 0.29) is 23.7 Å². The van der Waals surface area contributed by atoms with Crippen molar-refractivity contribution in [3.05, 3.63) is 71.0 Å². The second-order valence-electron chi connectivity index (χ2n) is 7.76. The van der Waals surface area contributed by atoms with Crippen LogP contribution in [-0.2, 0) is 16.2 Å². The quantitative estimate of drug-likeness (QED) is 0.743. The SMILES string of the molecule is Cc1ccccc1C1=NO[C@H](CN(Cc2cccc(F)c2)C(=O)C2CCC2)C1. The van der Waals surface area contributed by atoms with Crippen molar-refractivity contribution in [2.75, 3.05) is 6.54 Å². The highest BCUT2D eigenvalue weighted by molar-refractivity contribution is 6.02. The number of nitrogens with zero attached hydrogens (tertiary/aromatic N) is 2. The van der Waals surface area contributed by atoms with Crippen LogP contribution in [0.4, 0.5) is 4.39 Å². The number of benzene rings is 2. The Balaban J connectivity index is 1.45. The predicted molar refractivity (Wildman–Crippen MR) is 106 cm³/mol. The molecule has 0 aromatic heterocycles. The molecule has 1 atom stereocenters. The molecule has 4 rings (SSSR count). The molecule has 1 saturated carbocycles. The molecule has 1 aliphatic heterocycles. The largest absolute Gasteiger partial charge is 0.390 e. The number of carbonyl (C=O) groups excluding carboxylic acids is 1. The number of oxime groups is 1. The zero-order valence-corrected chi connectivity index (χ0v) is 16.1. The Labute approximate surface area is 165 Å². The lowest BCUT2D eigenvalue weighted by Gasteiger charge is -2.32. The van der Waals surface area contributed by atoms with Crippen LogP contribution in [0.3, 0.4) is 0 Å². The topological polar surface area (TPSA) is 41.9 Å². The van der Waals surface area contributed by atoms with E-state index in [0.29, 0.717) is 19.5 Å². The molecule has 1 amide bonds. The number of halogens is 1. The van der Waals surface area contributed by atoms with Crippen molar-refractivity contribution in [3.8, 4) is 0 Å². The molecular weight excluding hydrogens is 355 g/mol. The summed E-state index contributed by atoms with van der Waals surface area (Å²) in [5.74, 6) is -0.0500. The fourth-order valence-electron chi connectivity index (χ4n) is 3.83. The summed E-state index contributed by atoms with van der Waals surface area (Å²) in [4.78, 5) is 20.4. The van der Waals surface area contributed by atoms with E-state index in [4.69, 9.17) is 4.84 Å². The smallest absolute Gasteiger partial charge is 0.226 e. The van der Waals surface area contributed by atoms with Gasteiger partial charge in [0.25, 0.3) is 0 Å². The Morgan fingerprint density at radius 1 is 1.21 bits per heavy atom. The monoisotopic (exact) mass is 380 g/mol. The van der Waals surface area contributed by atoms with Gasteiger partial charge in [0.2, 0.25) is 5.91 Å². The molecule has 2 aliphatic rings. The summed E-state index contributed by atoms with van der Waals surface area (Å²) < 4.78 is 13.6. The first-order valence-electron chi connectivity index (χ1n) is 9.92. The first kappa shape index (κ1) is 18.7. The molecule has 2 aromatic rings. The van der Waals surface area contributed by atoms with Gasteiger partial charge >= 0.3 is 0 Å². The van der Waals surface area contributed by atoms with E-state index in [1.165, 1.54) is 12.1 Å². The summed E-state index contributed by atoms with van der Waals surface area (Å²) in [6.45, 7) is 2.92. The van der Waals surface area contributed by atoms with Gasteiger partial charge in [0.15, 0.2) is 6.10 Å². The van der Waals surface area contributed by atoms with E-state index in [9.17, 15) is 9.18 Å².